The van der Waals surface area contributed by atoms with Gasteiger partial charge < -0.3 is 4.74 Å². The van der Waals surface area contributed by atoms with Gasteiger partial charge in [0, 0.05) is 38.2 Å². The monoisotopic (exact) mass is 522 g/mol. The molecule has 2 aliphatic rings. The topological polar surface area (TPSA) is 49.9 Å². The summed E-state index contributed by atoms with van der Waals surface area (Å²) in [5, 5.41) is 0. The molecule has 2 saturated heterocycles. The van der Waals surface area contributed by atoms with Crippen molar-refractivity contribution in [2.75, 3.05) is 33.4 Å². The Labute approximate surface area is 219 Å². The maximum atomic E-state index is 14.1. The lowest BCUT2D eigenvalue weighted by Gasteiger charge is -2.57. The van der Waals surface area contributed by atoms with E-state index in [1.165, 1.54) is 6.07 Å². The van der Waals surface area contributed by atoms with Crippen LogP contribution in [0.3, 0.4) is 0 Å². The van der Waals surface area contributed by atoms with E-state index in [0.29, 0.717) is 30.2 Å². The van der Waals surface area contributed by atoms with Crippen LogP contribution in [-0.4, -0.2) is 63.1 Å². The van der Waals surface area contributed by atoms with Gasteiger partial charge in [-0.15, -0.1) is 0 Å². The Morgan fingerprint density at radius 3 is 2.41 bits per heavy atom. The lowest BCUT2D eigenvalue weighted by Crippen LogP contribution is -2.68. The highest BCUT2D eigenvalue weighted by atomic mass is 32.2. The molecular weight excluding hydrogens is 487 g/mol. The quantitative estimate of drug-likeness (QED) is 0.436. The Morgan fingerprint density at radius 1 is 0.946 bits per heavy atom. The highest BCUT2D eigenvalue weighted by molar-refractivity contribution is 7.89. The summed E-state index contributed by atoms with van der Waals surface area (Å²) in [6.07, 6.45) is 1.78. The third-order valence-electron chi connectivity index (χ3n) is 8.07. The first-order chi connectivity index (χ1) is 17.8. The van der Waals surface area contributed by atoms with E-state index in [-0.39, 0.29) is 23.8 Å². The Hall–Kier alpha value is -2.58. The molecule has 5 nitrogen and oxygen atoms in total. The third-order valence-corrected chi connectivity index (χ3v) is 10.1. The number of methoxy groups -OCH3 is 1. The second-order valence-electron chi connectivity index (χ2n) is 10.2. The van der Waals surface area contributed by atoms with Crippen LogP contribution in [0.2, 0.25) is 0 Å². The van der Waals surface area contributed by atoms with E-state index in [4.69, 9.17) is 4.74 Å². The van der Waals surface area contributed by atoms with Crippen LogP contribution in [0.15, 0.2) is 71.6 Å². The van der Waals surface area contributed by atoms with Crippen molar-refractivity contribution in [1.82, 2.24) is 9.21 Å². The van der Waals surface area contributed by atoms with Crippen molar-refractivity contribution < 1.29 is 17.5 Å². The summed E-state index contributed by atoms with van der Waals surface area (Å²) in [6, 6.07) is 21.0. The van der Waals surface area contributed by atoms with E-state index >= 15 is 0 Å². The fraction of sp³-hybridized carbons (Fsp3) is 0.400. The predicted molar refractivity (Wildman–Crippen MR) is 145 cm³/mol. The van der Waals surface area contributed by atoms with Crippen molar-refractivity contribution >= 4 is 10.0 Å². The first-order valence-corrected chi connectivity index (χ1v) is 14.4. The molecule has 1 unspecified atom stereocenters. The number of sulfonamides is 1. The van der Waals surface area contributed by atoms with Gasteiger partial charge in [0.15, 0.2) is 0 Å². The van der Waals surface area contributed by atoms with E-state index in [9.17, 15) is 12.8 Å². The average Bonchev–Trinajstić information content (AvgIpc) is 2.87. The molecule has 0 radical (unpaired) electrons. The van der Waals surface area contributed by atoms with Crippen LogP contribution >= 0.6 is 0 Å². The van der Waals surface area contributed by atoms with E-state index < -0.39 is 10.0 Å². The molecular formula is C30H35FN2O3S. The van der Waals surface area contributed by atoms with Gasteiger partial charge in [0.05, 0.1) is 11.5 Å². The number of rotatable bonds is 6. The highest BCUT2D eigenvalue weighted by Gasteiger charge is 2.50. The third kappa shape index (κ3) is 4.86. The first kappa shape index (κ1) is 26.0. The summed E-state index contributed by atoms with van der Waals surface area (Å²) in [5.41, 5.74) is 4.43. The van der Waals surface area contributed by atoms with E-state index in [1.807, 2.05) is 37.3 Å². The van der Waals surface area contributed by atoms with E-state index in [1.54, 1.807) is 36.5 Å². The van der Waals surface area contributed by atoms with Crippen molar-refractivity contribution in [3.8, 4) is 11.1 Å². The molecule has 2 fully saturated rings. The van der Waals surface area contributed by atoms with E-state index in [0.717, 1.165) is 41.6 Å². The molecule has 0 saturated carbocycles. The molecule has 0 N–H and O–H groups in total. The Bertz CT molecular complexity index is 1360. The number of hydrogen-bond donors (Lipinski definition) is 0. The maximum Gasteiger partial charge on any atom is 0.243 e. The number of benzene rings is 3. The summed E-state index contributed by atoms with van der Waals surface area (Å²) in [6.45, 7) is 6.16. The molecule has 2 aliphatic heterocycles. The van der Waals surface area contributed by atoms with Crippen molar-refractivity contribution in [2.24, 2.45) is 0 Å². The summed E-state index contributed by atoms with van der Waals surface area (Å²) >= 11 is 0. The molecule has 0 bridgehead atoms. The average molecular weight is 523 g/mol. The summed E-state index contributed by atoms with van der Waals surface area (Å²) in [5.74, 6) is -0.0591. The van der Waals surface area contributed by atoms with Crippen LogP contribution in [0.4, 0.5) is 4.39 Å². The zero-order valence-corrected chi connectivity index (χ0v) is 22.5. The Balaban J connectivity index is 1.46. The molecule has 3 aromatic rings. The summed E-state index contributed by atoms with van der Waals surface area (Å²) in [7, 11) is -1.88. The number of nitrogens with zero attached hydrogens (tertiary/aromatic N) is 2. The van der Waals surface area contributed by atoms with E-state index in [2.05, 4.69) is 17.0 Å². The molecule has 0 amide bonds. The number of ether oxygens (including phenoxy) is 1. The number of halogens is 1. The zero-order valence-electron chi connectivity index (χ0n) is 21.7. The van der Waals surface area contributed by atoms with Gasteiger partial charge in [0.25, 0.3) is 0 Å². The van der Waals surface area contributed by atoms with Gasteiger partial charge in [-0.2, -0.15) is 4.31 Å². The molecule has 0 spiro atoms. The van der Waals surface area contributed by atoms with Crippen molar-refractivity contribution in [3.63, 3.8) is 0 Å². The van der Waals surface area contributed by atoms with Crippen molar-refractivity contribution in [2.45, 2.75) is 49.6 Å². The SMILES string of the molecule is COC[C@@H]1C(c2ccc(-c3cccc(F)c3C)cc2)[C@@H]2CN(S(=O)(=O)c3ccccc3C)CCCCN12. The van der Waals surface area contributed by atoms with Gasteiger partial charge in [0.2, 0.25) is 10.0 Å². The maximum absolute atomic E-state index is 14.1. The number of fused-ring (bicyclic) bond motifs is 1. The van der Waals surface area contributed by atoms with Gasteiger partial charge in [-0.25, -0.2) is 12.8 Å². The lowest BCUT2D eigenvalue weighted by atomic mass is 9.74. The smallest absolute Gasteiger partial charge is 0.243 e. The number of hydrogen-bond acceptors (Lipinski definition) is 4. The molecule has 0 aliphatic carbocycles. The van der Waals surface area contributed by atoms with Crippen molar-refractivity contribution in [3.05, 3.63) is 89.2 Å². The van der Waals surface area contributed by atoms with Crippen LogP contribution in [0.1, 0.15) is 35.4 Å². The van der Waals surface area contributed by atoms with Crippen molar-refractivity contribution in [1.29, 1.82) is 0 Å². The van der Waals surface area contributed by atoms with Crippen LogP contribution in [0.5, 0.6) is 0 Å². The molecule has 2 heterocycles. The normalized spacial score (nSPS) is 23.1. The van der Waals surface area contributed by atoms with Crippen LogP contribution in [-0.2, 0) is 14.8 Å². The highest BCUT2D eigenvalue weighted by Crippen LogP contribution is 2.43. The Kier molecular flexibility index (Phi) is 7.50. The van der Waals surface area contributed by atoms with Gasteiger partial charge in [-0.3, -0.25) is 4.90 Å². The zero-order chi connectivity index (χ0) is 26.2. The predicted octanol–water partition coefficient (Wildman–Crippen LogP) is 5.38. The minimum Gasteiger partial charge on any atom is -0.383 e. The van der Waals surface area contributed by atoms with Crippen LogP contribution in [0, 0.1) is 19.7 Å². The van der Waals surface area contributed by atoms with Gasteiger partial charge in [0.1, 0.15) is 5.82 Å². The minimum absolute atomic E-state index is 0.0704. The summed E-state index contributed by atoms with van der Waals surface area (Å²) < 4.78 is 48.9. The number of aryl methyl sites for hydroxylation is 1. The van der Waals surface area contributed by atoms with Gasteiger partial charge in [-0.05, 0) is 73.2 Å². The molecule has 5 rings (SSSR count). The summed E-state index contributed by atoms with van der Waals surface area (Å²) in [4.78, 5) is 2.82. The van der Waals surface area contributed by atoms with Crippen LogP contribution in [0.25, 0.3) is 11.1 Å². The fourth-order valence-electron chi connectivity index (χ4n) is 6.07. The van der Waals surface area contributed by atoms with Gasteiger partial charge >= 0.3 is 0 Å². The molecule has 3 atom stereocenters. The molecule has 0 aromatic heterocycles. The first-order valence-electron chi connectivity index (χ1n) is 13.0. The second-order valence-corrected chi connectivity index (χ2v) is 12.1. The molecule has 3 aromatic carbocycles. The standard InChI is InChI=1S/C30H35FN2O3S/c1-21-9-4-5-12-29(21)37(34,35)32-17-6-7-18-33-27(19-32)30(28(33)20-36-3)24-15-13-23(14-16-24)25-10-8-11-26(31)22(25)2/h4-5,8-16,27-28,30H,6-7,17-20H2,1-3H3/t27-,28+,30?/m0/s1. The minimum atomic E-state index is -3.60. The molecule has 196 valence electrons. The lowest BCUT2D eigenvalue weighted by molar-refractivity contribution is -0.0635. The fourth-order valence-corrected chi connectivity index (χ4v) is 7.79. The molecule has 37 heavy (non-hydrogen) atoms. The molecule has 7 heteroatoms. The Morgan fingerprint density at radius 2 is 1.68 bits per heavy atom. The van der Waals surface area contributed by atoms with Gasteiger partial charge in [-0.1, -0.05) is 54.6 Å². The van der Waals surface area contributed by atoms with Crippen LogP contribution < -0.4 is 0 Å². The second kappa shape index (κ2) is 10.7. The largest absolute Gasteiger partial charge is 0.383 e.